The number of alkyl carbamates (subject to hydrolysis) is 1. The van der Waals surface area contributed by atoms with Crippen LogP contribution in [0.3, 0.4) is 0 Å². The van der Waals surface area contributed by atoms with E-state index < -0.39 is 18.5 Å². The summed E-state index contributed by atoms with van der Waals surface area (Å²) in [4.78, 5) is 11.1. The molecular weight excluding hydrogens is 248 g/mol. The highest BCUT2D eigenvalue weighted by Gasteiger charge is 2.15. The highest BCUT2D eigenvalue weighted by atomic mass is 35.9. The van der Waals surface area contributed by atoms with E-state index >= 15 is 0 Å². The highest BCUT2D eigenvalue weighted by molar-refractivity contribution is 8.00. The molecule has 0 saturated carbocycles. The van der Waals surface area contributed by atoms with E-state index in [1.54, 1.807) is 20.8 Å². The maximum atomic E-state index is 11.1. The van der Waals surface area contributed by atoms with Crippen molar-refractivity contribution in [3.8, 4) is 0 Å². The van der Waals surface area contributed by atoms with Crippen molar-refractivity contribution in [1.82, 2.24) is 5.32 Å². The number of rotatable bonds is 4. The molecule has 0 spiro atoms. The van der Waals surface area contributed by atoms with Crippen LogP contribution in [-0.4, -0.2) is 24.8 Å². The minimum atomic E-state index is -1.41. The van der Waals surface area contributed by atoms with Crippen LogP contribution in [0.2, 0.25) is 0 Å². The number of hydrogen-bond acceptors (Lipinski definition) is 3. The fraction of sp³-hybridized carbons (Fsp3) is 0.857. The zero-order valence-corrected chi connectivity index (χ0v) is 10.7. The smallest absolute Gasteiger partial charge is 0.407 e. The molecule has 0 atom stereocenters. The molecular formula is C7H14Cl2NO3P. The Morgan fingerprint density at radius 1 is 1.43 bits per heavy atom. The van der Waals surface area contributed by atoms with Crippen LogP contribution in [-0.2, 0) is 9.26 Å². The van der Waals surface area contributed by atoms with Crippen molar-refractivity contribution in [2.75, 3.05) is 13.2 Å². The summed E-state index contributed by atoms with van der Waals surface area (Å²) in [6.45, 7) is 4.57. The van der Waals surface area contributed by atoms with Crippen LogP contribution in [0.15, 0.2) is 0 Å². The molecule has 0 aromatic heterocycles. The molecule has 1 amide bonds. The predicted molar refractivity (Wildman–Crippen MR) is 58.8 cm³/mol. The summed E-state index contributed by atoms with van der Waals surface area (Å²) in [5.74, 6) is 0. The van der Waals surface area contributed by atoms with Gasteiger partial charge in [0.05, 0.1) is 6.61 Å². The number of carbonyl (C=O) groups is 1. The Labute approximate surface area is 94.6 Å². The molecule has 0 unspecified atom stereocenters. The summed E-state index contributed by atoms with van der Waals surface area (Å²) < 4.78 is 9.83. The van der Waals surface area contributed by atoms with Gasteiger partial charge < -0.3 is 14.6 Å². The van der Waals surface area contributed by atoms with E-state index in [-0.39, 0.29) is 6.61 Å². The lowest BCUT2D eigenvalue weighted by atomic mass is 10.2. The Balaban J connectivity index is 3.46. The Kier molecular flexibility index (Phi) is 6.79. The second kappa shape index (κ2) is 6.67. The maximum absolute atomic E-state index is 11.1. The third-order valence-corrected chi connectivity index (χ3v) is 1.92. The first-order valence-electron chi connectivity index (χ1n) is 4.03. The van der Waals surface area contributed by atoms with E-state index in [4.69, 9.17) is 31.7 Å². The van der Waals surface area contributed by atoms with Crippen molar-refractivity contribution < 1.29 is 14.1 Å². The average Bonchev–Trinajstić information content (AvgIpc) is 1.94. The molecule has 7 heteroatoms. The summed E-state index contributed by atoms with van der Waals surface area (Å²) in [5.41, 5.74) is -0.490. The molecule has 0 rings (SSSR count). The quantitative estimate of drug-likeness (QED) is 0.625. The zero-order valence-electron chi connectivity index (χ0n) is 8.34. The van der Waals surface area contributed by atoms with E-state index in [1.807, 2.05) is 0 Å². The molecule has 4 nitrogen and oxygen atoms in total. The number of nitrogens with one attached hydrogen (secondary N) is 1. The van der Waals surface area contributed by atoms with Gasteiger partial charge in [-0.2, -0.15) is 0 Å². The van der Waals surface area contributed by atoms with E-state index in [9.17, 15) is 4.79 Å². The van der Waals surface area contributed by atoms with Crippen LogP contribution in [0.25, 0.3) is 0 Å². The van der Waals surface area contributed by atoms with Crippen molar-refractivity contribution in [3.63, 3.8) is 0 Å². The van der Waals surface area contributed by atoms with E-state index in [0.717, 1.165) is 0 Å². The minimum absolute atomic E-state index is 0.276. The SMILES string of the molecule is CC(C)(C)OC(=O)NCCOP(Cl)Cl. The second-order valence-electron chi connectivity index (χ2n) is 3.46. The number of halogens is 2. The van der Waals surface area contributed by atoms with Crippen molar-refractivity contribution >= 4 is 35.4 Å². The van der Waals surface area contributed by atoms with Gasteiger partial charge in [-0.3, -0.25) is 0 Å². The molecule has 14 heavy (non-hydrogen) atoms. The van der Waals surface area contributed by atoms with Crippen molar-refractivity contribution in [3.05, 3.63) is 0 Å². The van der Waals surface area contributed by atoms with E-state index in [2.05, 4.69) is 5.32 Å². The summed E-state index contributed by atoms with van der Waals surface area (Å²) >= 11 is 10.7. The number of carbonyl (C=O) groups excluding carboxylic acids is 1. The van der Waals surface area contributed by atoms with Crippen LogP contribution in [0.4, 0.5) is 4.79 Å². The first-order valence-corrected chi connectivity index (χ1v) is 7.09. The Morgan fingerprint density at radius 2 is 2.00 bits per heavy atom. The minimum Gasteiger partial charge on any atom is -0.444 e. The molecule has 0 aliphatic rings. The molecule has 84 valence electrons. The molecule has 0 bridgehead atoms. The first-order chi connectivity index (χ1) is 6.31. The van der Waals surface area contributed by atoms with Crippen LogP contribution in [0.1, 0.15) is 20.8 Å². The number of amides is 1. The first kappa shape index (κ1) is 14.2. The molecule has 1 N–H and O–H groups in total. The van der Waals surface area contributed by atoms with Gasteiger partial charge in [0.15, 0.2) is 0 Å². The fourth-order valence-electron chi connectivity index (χ4n) is 0.582. The summed E-state index contributed by atoms with van der Waals surface area (Å²) in [5, 5.41) is 2.50. The molecule has 0 saturated heterocycles. The third-order valence-electron chi connectivity index (χ3n) is 0.959. The third kappa shape index (κ3) is 10.3. The standard InChI is InChI=1S/C7H14Cl2NO3P/c1-7(2,3)13-6(11)10-4-5-12-14(8)9/h4-5H2,1-3H3,(H,10,11). The normalized spacial score (nSPS) is 11.6. The highest BCUT2D eigenvalue weighted by Crippen LogP contribution is 2.47. The van der Waals surface area contributed by atoms with Gasteiger partial charge >= 0.3 is 6.09 Å². The lowest BCUT2D eigenvalue weighted by Gasteiger charge is -2.19. The van der Waals surface area contributed by atoms with Gasteiger partial charge in [-0.15, -0.1) is 0 Å². The van der Waals surface area contributed by atoms with Crippen molar-refractivity contribution in [2.24, 2.45) is 0 Å². The molecule has 0 radical (unpaired) electrons. The molecule has 0 aliphatic carbocycles. The lowest BCUT2D eigenvalue weighted by molar-refractivity contribution is 0.0521. The Hall–Kier alpha value is 0.240. The molecule has 0 aromatic rings. The van der Waals surface area contributed by atoms with Crippen molar-refractivity contribution in [1.29, 1.82) is 0 Å². The molecule has 0 aromatic carbocycles. The predicted octanol–water partition coefficient (Wildman–Crippen LogP) is 3.23. The van der Waals surface area contributed by atoms with Crippen LogP contribution in [0.5, 0.6) is 0 Å². The van der Waals surface area contributed by atoms with E-state index in [1.165, 1.54) is 0 Å². The van der Waals surface area contributed by atoms with Crippen LogP contribution in [0, 0.1) is 0 Å². The van der Waals surface area contributed by atoms with Crippen LogP contribution >= 0.6 is 29.3 Å². The van der Waals surface area contributed by atoms with Gasteiger partial charge in [0.1, 0.15) is 5.60 Å². The Morgan fingerprint density at radius 3 is 2.43 bits per heavy atom. The van der Waals surface area contributed by atoms with Crippen LogP contribution < -0.4 is 5.32 Å². The number of hydrogen-bond donors (Lipinski definition) is 1. The Bertz CT molecular complexity index is 184. The van der Waals surface area contributed by atoms with Gasteiger partial charge in [-0.05, 0) is 43.3 Å². The zero-order chi connectivity index (χ0) is 11.2. The van der Waals surface area contributed by atoms with Gasteiger partial charge in [0.25, 0.3) is 0 Å². The monoisotopic (exact) mass is 261 g/mol. The fourth-order valence-corrected chi connectivity index (χ4v) is 1.23. The second-order valence-corrected chi connectivity index (χ2v) is 6.49. The molecule has 0 heterocycles. The van der Waals surface area contributed by atoms with Gasteiger partial charge in [-0.1, -0.05) is 0 Å². The van der Waals surface area contributed by atoms with Gasteiger partial charge in [0, 0.05) is 6.54 Å². The summed E-state index contributed by atoms with van der Waals surface area (Å²) in [7, 11) is 0. The lowest BCUT2D eigenvalue weighted by Crippen LogP contribution is -2.34. The van der Waals surface area contributed by atoms with Gasteiger partial charge in [-0.25, -0.2) is 4.79 Å². The van der Waals surface area contributed by atoms with Gasteiger partial charge in [0.2, 0.25) is 6.85 Å². The summed E-state index contributed by atoms with van der Waals surface area (Å²) in [6.07, 6.45) is -0.477. The van der Waals surface area contributed by atoms with E-state index in [0.29, 0.717) is 6.54 Å². The molecule has 0 fully saturated rings. The summed E-state index contributed by atoms with van der Waals surface area (Å²) in [6, 6.07) is 0. The topological polar surface area (TPSA) is 47.6 Å². The van der Waals surface area contributed by atoms with Crippen molar-refractivity contribution in [2.45, 2.75) is 26.4 Å². The average molecular weight is 262 g/mol. The largest absolute Gasteiger partial charge is 0.444 e. The number of ether oxygens (including phenoxy) is 1. The molecule has 0 aliphatic heterocycles. The maximum Gasteiger partial charge on any atom is 0.407 e.